The van der Waals surface area contributed by atoms with Gasteiger partial charge < -0.3 is 15.2 Å². The Labute approximate surface area is 120 Å². The van der Waals surface area contributed by atoms with Crippen LogP contribution < -0.4 is 15.2 Å². The summed E-state index contributed by atoms with van der Waals surface area (Å²) in [5.74, 6) is 1.63. The third kappa shape index (κ3) is 2.50. The fourth-order valence-electron chi connectivity index (χ4n) is 3.27. The van der Waals surface area contributed by atoms with E-state index in [4.69, 9.17) is 15.2 Å². The molecule has 1 heterocycles. The van der Waals surface area contributed by atoms with Gasteiger partial charge in [-0.05, 0) is 37.6 Å². The Bertz CT molecular complexity index is 477. The van der Waals surface area contributed by atoms with Crippen molar-refractivity contribution in [2.24, 2.45) is 5.73 Å². The van der Waals surface area contributed by atoms with Crippen molar-refractivity contribution in [3.05, 3.63) is 23.8 Å². The summed E-state index contributed by atoms with van der Waals surface area (Å²) >= 11 is 0. The molecule has 2 fully saturated rings. The van der Waals surface area contributed by atoms with Gasteiger partial charge in [-0.15, -0.1) is 0 Å². The maximum absolute atomic E-state index is 6.54. The van der Waals surface area contributed by atoms with E-state index in [0.29, 0.717) is 0 Å². The first-order chi connectivity index (χ1) is 9.60. The van der Waals surface area contributed by atoms with E-state index >= 15 is 0 Å². The van der Waals surface area contributed by atoms with Gasteiger partial charge in [0.05, 0.1) is 7.11 Å². The van der Waals surface area contributed by atoms with Crippen molar-refractivity contribution in [3.8, 4) is 11.5 Å². The summed E-state index contributed by atoms with van der Waals surface area (Å²) in [5.41, 5.74) is 7.53. The lowest BCUT2D eigenvalue weighted by Crippen LogP contribution is -2.51. The molecule has 0 atom stereocenters. The molecule has 3 rings (SSSR count). The van der Waals surface area contributed by atoms with Gasteiger partial charge in [-0.1, -0.05) is 18.9 Å². The highest BCUT2D eigenvalue weighted by atomic mass is 16.5. The van der Waals surface area contributed by atoms with Gasteiger partial charge in [0, 0.05) is 18.6 Å². The number of nitrogens with zero attached hydrogens (tertiary/aromatic N) is 1. The molecule has 0 unspecified atom stereocenters. The van der Waals surface area contributed by atoms with Crippen LogP contribution in [-0.2, 0) is 5.54 Å². The lowest BCUT2D eigenvalue weighted by Gasteiger charge is -2.36. The molecule has 0 radical (unpaired) electrons. The fourth-order valence-corrected chi connectivity index (χ4v) is 3.27. The Balaban J connectivity index is 1.82. The van der Waals surface area contributed by atoms with Gasteiger partial charge in [0.15, 0.2) is 11.5 Å². The van der Waals surface area contributed by atoms with E-state index in [9.17, 15) is 0 Å². The smallest absolute Gasteiger partial charge is 0.162 e. The van der Waals surface area contributed by atoms with E-state index in [0.717, 1.165) is 37.4 Å². The zero-order chi connectivity index (χ0) is 14.2. The van der Waals surface area contributed by atoms with Crippen LogP contribution in [0.2, 0.25) is 0 Å². The maximum Gasteiger partial charge on any atom is 0.162 e. The molecule has 1 aliphatic carbocycles. The number of ether oxygens (including phenoxy) is 2. The van der Waals surface area contributed by atoms with E-state index < -0.39 is 0 Å². The Morgan fingerprint density at radius 3 is 2.50 bits per heavy atom. The van der Waals surface area contributed by atoms with E-state index in [1.54, 1.807) is 7.11 Å². The quantitative estimate of drug-likeness (QED) is 0.915. The van der Waals surface area contributed by atoms with Crippen molar-refractivity contribution in [2.45, 2.75) is 37.3 Å². The van der Waals surface area contributed by atoms with Crippen molar-refractivity contribution in [3.63, 3.8) is 0 Å². The normalized spacial score (nSPS) is 22.6. The third-order valence-corrected chi connectivity index (χ3v) is 4.56. The summed E-state index contributed by atoms with van der Waals surface area (Å²) < 4.78 is 11.5. The number of benzene rings is 1. The van der Waals surface area contributed by atoms with Gasteiger partial charge >= 0.3 is 0 Å². The molecule has 1 saturated carbocycles. The first-order valence-corrected chi connectivity index (χ1v) is 7.43. The summed E-state index contributed by atoms with van der Waals surface area (Å²) in [6.07, 6.45) is 4.81. The number of rotatable bonds is 4. The molecule has 2 aliphatic rings. The van der Waals surface area contributed by atoms with Crippen molar-refractivity contribution in [1.29, 1.82) is 0 Å². The van der Waals surface area contributed by atoms with Gasteiger partial charge in [-0.2, -0.15) is 0 Å². The second-order valence-corrected chi connectivity index (χ2v) is 6.19. The van der Waals surface area contributed by atoms with Gasteiger partial charge in [0.25, 0.3) is 0 Å². The molecule has 20 heavy (non-hydrogen) atoms. The van der Waals surface area contributed by atoms with Crippen LogP contribution in [0, 0.1) is 0 Å². The van der Waals surface area contributed by atoms with Crippen LogP contribution in [0.3, 0.4) is 0 Å². The second-order valence-electron chi connectivity index (χ2n) is 6.19. The number of methoxy groups -OCH3 is 1. The van der Waals surface area contributed by atoms with Crippen LogP contribution in [0.25, 0.3) is 0 Å². The summed E-state index contributed by atoms with van der Waals surface area (Å²) in [7, 11) is 3.78. The molecule has 110 valence electrons. The molecule has 1 aromatic rings. The monoisotopic (exact) mass is 276 g/mol. The Hall–Kier alpha value is -1.26. The lowest BCUT2D eigenvalue weighted by atomic mass is 9.89. The first-order valence-electron chi connectivity index (χ1n) is 7.43. The van der Waals surface area contributed by atoms with Crippen molar-refractivity contribution in [2.75, 3.05) is 27.2 Å². The second kappa shape index (κ2) is 5.26. The standard InChI is InChI=1S/C16H24N2O2/c1-18-10-13(11-18)20-15-9-12(5-6-14(15)19-2)16(17)7-3-4-8-16/h5-6,9,13H,3-4,7-8,10-11,17H2,1-2H3. The molecule has 1 saturated heterocycles. The molecule has 0 amide bonds. The number of likely N-dealkylation sites (N-methyl/N-ethyl adjacent to an activating group) is 1. The number of hydrogen-bond acceptors (Lipinski definition) is 4. The Morgan fingerprint density at radius 2 is 1.90 bits per heavy atom. The van der Waals surface area contributed by atoms with Crippen LogP contribution in [0.1, 0.15) is 31.2 Å². The minimum absolute atomic E-state index is 0.180. The molecular formula is C16H24N2O2. The van der Waals surface area contributed by atoms with Crippen LogP contribution in [0.5, 0.6) is 11.5 Å². The highest BCUT2D eigenvalue weighted by Gasteiger charge is 2.32. The van der Waals surface area contributed by atoms with Gasteiger partial charge in [0.2, 0.25) is 0 Å². The highest BCUT2D eigenvalue weighted by Crippen LogP contribution is 2.40. The van der Waals surface area contributed by atoms with Crippen molar-refractivity contribution in [1.82, 2.24) is 4.90 Å². The van der Waals surface area contributed by atoms with Gasteiger partial charge in [-0.25, -0.2) is 0 Å². The van der Waals surface area contributed by atoms with E-state index in [-0.39, 0.29) is 11.6 Å². The SMILES string of the molecule is COc1ccc(C2(N)CCCC2)cc1OC1CN(C)C1. The van der Waals surface area contributed by atoms with Crippen molar-refractivity contribution < 1.29 is 9.47 Å². The maximum atomic E-state index is 6.54. The zero-order valence-corrected chi connectivity index (χ0v) is 12.4. The Kier molecular flexibility index (Phi) is 3.61. The van der Waals surface area contributed by atoms with Gasteiger partial charge in [0.1, 0.15) is 6.10 Å². The third-order valence-electron chi connectivity index (χ3n) is 4.56. The number of likely N-dealkylation sites (tertiary alicyclic amines) is 1. The fraction of sp³-hybridized carbons (Fsp3) is 0.625. The molecule has 0 spiro atoms. The molecule has 4 nitrogen and oxygen atoms in total. The molecular weight excluding hydrogens is 252 g/mol. The summed E-state index contributed by atoms with van der Waals surface area (Å²) in [6, 6.07) is 6.16. The average Bonchev–Trinajstić information content (AvgIpc) is 2.85. The molecule has 1 aromatic carbocycles. The van der Waals surface area contributed by atoms with Crippen LogP contribution in [0.15, 0.2) is 18.2 Å². The van der Waals surface area contributed by atoms with E-state index in [1.807, 2.05) is 6.07 Å². The summed E-state index contributed by atoms with van der Waals surface area (Å²) in [4.78, 5) is 2.24. The van der Waals surface area contributed by atoms with E-state index in [1.165, 1.54) is 18.4 Å². The highest BCUT2D eigenvalue weighted by molar-refractivity contribution is 5.45. The predicted molar refractivity (Wildman–Crippen MR) is 79.2 cm³/mol. The number of hydrogen-bond donors (Lipinski definition) is 1. The van der Waals surface area contributed by atoms with Crippen LogP contribution in [-0.4, -0.2) is 38.3 Å². The zero-order valence-electron chi connectivity index (χ0n) is 12.4. The van der Waals surface area contributed by atoms with Gasteiger partial charge in [-0.3, -0.25) is 4.90 Å². The average molecular weight is 276 g/mol. The minimum Gasteiger partial charge on any atom is -0.493 e. The lowest BCUT2D eigenvalue weighted by molar-refractivity contribution is 0.0368. The largest absolute Gasteiger partial charge is 0.493 e. The van der Waals surface area contributed by atoms with E-state index in [2.05, 4.69) is 24.1 Å². The minimum atomic E-state index is -0.180. The molecule has 0 aromatic heterocycles. The molecule has 0 bridgehead atoms. The topological polar surface area (TPSA) is 47.7 Å². The molecule has 4 heteroatoms. The predicted octanol–water partition coefficient (Wildman–Crippen LogP) is 2.12. The Morgan fingerprint density at radius 1 is 1.20 bits per heavy atom. The molecule has 2 N–H and O–H groups in total. The summed E-state index contributed by atoms with van der Waals surface area (Å²) in [5, 5.41) is 0. The first kappa shape index (κ1) is 13.7. The number of nitrogens with two attached hydrogens (primary N) is 1. The molecule has 1 aliphatic heterocycles. The van der Waals surface area contributed by atoms with Crippen LogP contribution in [0.4, 0.5) is 0 Å². The van der Waals surface area contributed by atoms with Crippen molar-refractivity contribution >= 4 is 0 Å². The summed E-state index contributed by atoms with van der Waals surface area (Å²) in [6.45, 7) is 1.95. The van der Waals surface area contributed by atoms with Crippen LogP contribution >= 0.6 is 0 Å².